The third-order valence-corrected chi connectivity index (χ3v) is 5.51. The molecule has 0 fully saturated rings. The highest BCUT2D eigenvalue weighted by atomic mass is 35.5. The van der Waals surface area contributed by atoms with E-state index < -0.39 is 5.91 Å². The zero-order valence-corrected chi connectivity index (χ0v) is 18.5. The molecule has 7 heteroatoms. The summed E-state index contributed by atoms with van der Waals surface area (Å²) in [5.74, 6) is -0.141. The van der Waals surface area contributed by atoms with E-state index in [1.54, 1.807) is 7.11 Å². The number of halogens is 1. The fraction of sp³-hybridized carbons (Fsp3) is 0.250. The van der Waals surface area contributed by atoms with E-state index in [-0.39, 0.29) is 12.4 Å². The molecule has 0 saturated heterocycles. The lowest BCUT2D eigenvalue weighted by molar-refractivity contribution is -0.140. The van der Waals surface area contributed by atoms with Crippen LogP contribution in [0.15, 0.2) is 48.5 Å². The quantitative estimate of drug-likeness (QED) is 0.527. The van der Waals surface area contributed by atoms with E-state index in [2.05, 4.69) is 0 Å². The number of hydrogen-bond acceptors (Lipinski definition) is 4. The van der Waals surface area contributed by atoms with Gasteiger partial charge in [-0.05, 0) is 48.7 Å². The van der Waals surface area contributed by atoms with Gasteiger partial charge < -0.3 is 19.8 Å². The zero-order valence-electron chi connectivity index (χ0n) is 17.8. The first-order valence-electron chi connectivity index (χ1n) is 9.83. The molecule has 0 aliphatic carbocycles. The molecule has 0 bridgehead atoms. The number of hydrogen-bond donors (Lipinski definition) is 1. The van der Waals surface area contributed by atoms with Gasteiger partial charge in [0.25, 0.3) is 5.91 Å². The van der Waals surface area contributed by atoms with E-state index in [1.807, 2.05) is 60.0 Å². The molecule has 0 atom stereocenters. The molecule has 0 radical (unpaired) electrons. The van der Waals surface area contributed by atoms with Gasteiger partial charge in [-0.15, -0.1) is 0 Å². The molecule has 162 valence electrons. The van der Waals surface area contributed by atoms with Crippen molar-refractivity contribution >= 4 is 23.5 Å². The van der Waals surface area contributed by atoms with Crippen molar-refractivity contribution in [3.63, 3.8) is 0 Å². The summed E-state index contributed by atoms with van der Waals surface area (Å²) in [6.07, 6.45) is 0.569. The summed E-state index contributed by atoms with van der Waals surface area (Å²) in [7, 11) is 2.95. The van der Waals surface area contributed by atoms with Crippen molar-refractivity contribution in [3.8, 4) is 16.9 Å². The number of nitrogens with two attached hydrogens (primary N) is 1. The van der Waals surface area contributed by atoms with E-state index in [9.17, 15) is 9.59 Å². The van der Waals surface area contributed by atoms with Crippen molar-refractivity contribution in [2.45, 2.75) is 26.3 Å². The highest BCUT2D eigenvalue weighted by molar-refractivity contribution is 6.30. The van der Waals surface area contributed by atoms with Crippen LogP contribution in [0.25, 0.3) is 11.1 Å². The molecular weight excluding hydrogens is 416 g/mol. The third-order valence-electron chi connectivity index (χ3n) is 5.28. The minimum Gasteiger partial charge on any atom is -0.497 e. The molecule has 3 rings (SSSR count). The first-order chi connectivity index (χ1) is 14.8. The van der Waals surface area contributed by atoms with Crippen molar-refractivity contribution in [2.75, 3.05) is 14.2 Å². The second kappa shape index (κ2) is 9.71. The maximum absolute atomic E-state index is 12.5. The SMILES string of the molecule is COC(=O)CCc1c(-c2ccc(OC)cc2)c(C(N)=O)c(C)n1Cc1cccc(Cl)c1. The van der Waals surface area contributed by atoms with Gasteiger partial charge in [0.2, 0.25) is 0 Å². The van der Waals surface area contributed by atoms with Gasteiger partial charge in [0.05, 0.1) is 26.2 Å². The lowest BCUT2D eigenvalue weighted by atomic mass is 9.98. The molecule has 0 aliphatic rings. The molecule has 3 aromatic rings. The van der Waals surface area contributed by atoms with Crippen LogP contribution in [0.5, 0.6) is 5.75 Å². The van der Waals surface area contributed by atoms with Gasteiger partial charge in [0, 0.05) is 28.5 Å². The topological polar surface area (TPSA) is 83.6 Å². The largest absolute Gasteiger partial charge is 0.497 e. The van der Waals surface area contributed by atoms with Crippen molar-refractivity contribution in [2.24, 2.45) is 5.73 Å². The Kier molecular flexibility index (Phi) is 7.02. The van der Waals surface area contributed by atoms with Crippen molar-refractivity contribution in [3.05, 3.63) is 76.1 Å². The van der Waals surface area contributed by atoms with Crippen molar-refractivity contribution in [1.82, 2.24) is 4.57 Å². The molecule has 31 heavy (non-hydrogen) atoms. The van der Waals surface area contributed by atoms with E-state index in [1.165, 1.54) is 7.11 Å². The van der Waals surface area contributed by atoms with Crippen LogP contribution in [0.2, 0.25) is 5.02 Å². The second-order valence-electron chi connectivity index (χ2n) is 7.17. The Balaban J connectivity index is 2.20. The Hall–Kier alpha value is -3.25. The molecule has 1 heterocycles. The number of amides is 1. The number of aromatic nitrogens is 1. The number of benzene rings is 2. The first-order valence-corrected chi connectivity index (χ1v) is 10.2. The van der Waals surface area contributed by atoms with Gasteiger partial charge in [0.1, 0.15) is 5.75 Å². The zero-order chi connectivity index (χ0) is 22.5. The minimum absolute atomic E-state index is 0.177. The molecular formula is C24H25ClN2O4. The van der Waals surface area contributed by atoms with Crippen LogP contribution in [0, 0.1) is 6.92 Å². The number of carbonyl (C=O) groups is 2. The molecule has 0 unspecified atom stereocenters. The predicted octanol–water partition coefficient (Wildman–Crippen LogP) is 4.38. The highest BCUT2D eigenvalue weighted by Gasteiger charge is 2.25. The minimum atomic E-state index is -0.521. The number of methoxy groups -OCH3 is 2. The number of nitrogens with zero attached hydrogens (tertiary/aromatic N) is 1. The summed E-state index contributed by atoms with van der Waals surface area (Å²) in [6, 6.07) is 14.9. The molecule has 0 saturated carbocycles. The summed E-state index contributed by atoms with van der Waals surface area (Å²) in [5.41, 5.74) is 10.3. The average molecular weight is 441 g/mol. The standard InChI is InChI=1S/C24H25ClN2O4/c1-15-22(24(26)29)23(17-7-9-19(30-2)10-8-17)20(11-12-21(28)31-3)27(15)14-16-5-4-6-18(25)13-16/h4-10,13H,11-12,14H2,1-3H3,(H2,26,29). The predicted molar refractivity (Wildman–Crippen MR) is 121 cm³/mol. The molecule has 1 amide bonds. The van der Waals surface area contributed by atoms with Crippen LogP contribution in [-0.2, 0) is 22.5 Å². The lowest BCUT2D eigenvalue weighted by Gasteiger charge is -2.14. The maximum Gasteiger partial charge on any atom is 0.305 e. The van der Waals surface area contributed by atoms with Crippen molar-refractivity contribution < 1.29 is 19.1 Å². The molecule has 2 aromatic carbocycles. The normalized spacial score (nSPS) is 10.7. The molecule has 1 aromatic heterocycles. The number of carbonyl (C=O) groups excluding carboxylic acids is 2. The van der Waals surface area contributed by atoms with Crippen LogP contribution in [-0.4, -0.2) is 30.7 Å². The summed E-state index contributed by atoms with van der Waals surface area (Å²) < 4.78 is 12.1. The number of esters is 1. The summed E-state index contributed by atoms with van der Waals surface area (Å²) in [4.78, 5) is 24.4. The van der Waals surface area contributed by atoms with Crippen LogP contribution in [0.4, 0.5) is 0 Å². The third kappa shape index (κ3) is 4.91. The monoisotopic (exact) mass is 440 g/mol. The fourth-order valence-electron chi connectivity index (χ4n) is 3.78. The summed E-state index contributed by atoms with van der Waals surface area (Å²) in [6.45, 7) is 2.35. The average Bonchev–Trinajstić information content (AvgIpc) is 3.03. The van der Waals surface area contributed by atoms with E-state index in [0.717, 1.165) is 28.1 Å². The number of rotatable bonds is 8. The van der Waals surface area contributed by atoms with E-state index in [4.69, 9.17) is 26.8 Å². The molecule has 2 N–H and O–H groups in total. The molecule has 0 spiro atoms. The Morgan fingerprint density at radius 1 is 1.10 bits per heavy atom. The lowest BCUT2D eigenvalue weighted by Crippen LogP contribution is -2.13. The van der Waals surface area contributed by atoms with E-state index in [0.29, 0.717) is 29.3 Å². The van der Waals surface area contributed by atoms with Gasteiger partial charge in [-0.3, -0.25) is 9.59 Å². The van der Waals surface area contributed by atoms with Gasteiger partial charge in [-0.2, -0.15) is 0 Å². The summed E-state index contributed by atoms with van der Waals surface area (Å²) >= 11 is 6.17. The van der Waals surface area contributed by atoms with Gasteiger partial charge in [0.15, 0.2) is 0 Å². The Labute approximate surface area is 186 Å². The smallest absolute Gasteiger partial charge is 0.305 e. The Morgan fingerprint density at radius 3 is 2.39 bits per heavy atom. The van der Waals surface area contributed by atoms with Crippen molar-refractivity contribution in [1.29, 1.82) is 0 Å². The number of primary amides is 1. The Bertz CT molecular complexity index is 1100. The second-order valence-corrected chi connectivity index (χ2v) is 7.60. The molecule has 0 aliphatic heterocycles. The molecule has 6 nitrogen and oxygen atoms in total. The van der Waals surface area contributed by atoms with Gasteiger partial charge >= 0.3 is 5.97 Å². The van der Waals surface area contributed by atoms with Gasteiger partial charge in [-0.1, -0.05) is 35.9 Å². The van der Waals surface area contributed by atoms with E-state index >= 15 is 0 Å². The van der Waals surface area contributed by atoms with Gasteiger partial charge in [-0.25, -0.2) is 0 Å². The maximum atomic E-state index is 12.5. The van der Waals surface area contributed by atoms with Crippen LogP contribution < -0.4 is 10.5 Å². The van der Waals surface area contributed by atoms with Crippen LogP contribution in [0.3, 0.4) is 0 Å². The highest BCUT2D eigenvalue weighted by Crippen LogP contribution is 2.35. The Morgan fingerprint density at radius 2 is 1.81 bits per heavy atom. The van der Waals surface area contributed by atoms with Crippen LogP contribution >= 0.6 is 11.6 Å². The summed E-state index contributed by atoms with van der Waals surface area (Å²) in [5, 5.41) is 0.629. The number of ether oxygens (including phenoxy) is 2. The first kappa shape index (κ1) is 22.4. The van der Waals surface area contributed by atoms with Crippen LogP contribution in [0.1, 0.15) is 33.7 Å². The fourth-order valence-corrected chi connectivity index (χ4v) is 3.99.